The lowest BCUT2D eigenvalue weighted by molar-refractivity contribution is 0.0993. The van der Waals surface area contributed by atoms with Gasteiger partial charge in [-0.3, -0.25) is 4.79 Å². The molecule has 0 fully saturated rings. The molecule has 0 spiro atoms. The normalized spacial score (nSPS) is 11.1. The fourth-order valence-electron chi connectivity index (χ4n) is 3.50. The van der Waals surface area contributed by atoms with E-state index in [9.17, 15) is 10.1 Å². The van der Waals surface area contributed by atoms with Crippen LogP contribution in [-0.4, -0.2) is 32.8 Å². The summed E-state index contributed by atoms with van der Waals surface area (Å²) in [6.07, 6.45) is 3.25. The topological polar surface area (TPSA) is 114 Å². The molecule has 0 unspecified atom stereocenters. The smallest absolute Gasteiger partial charge is 0.316 e. The van der Waals surface area contributed by atoms with Crippen molar-refractivity contribution in [3.8, 4) is 12.1 Å². The van der Waals surface area contributed by atoms with Gasteiger partial charge in [0.15, 0.2) is 11.6 Å². The lowest BCUT2D eigenvalue weighted by atomic mass is 9.85. The molecule has 0 saturated carbocycles. The molecule has 170 valence electrons. The van der Waals surface area contributed by atoms with Crippen molar-refractivity contribution in [1.82, 2.24) is 19.9 Å². The highest BCUT2D eigenvalue weighted by atomic mass is 16.5. The van der Waals surface area contributed by atoms with Gasteiger partial charge in [0.2, 0.25) is 0 Å². The molecule has 0 aliphatic heterocycles. The number of nitrogens with zero attached hydrogens (tertiary/aromatic N) is 5. The van der Waals surface area contributed by atoms with E-state index in [-0.39, 0.29) is 18.2 Å². The van der Waals surface area contributed by atoms with Gasteiger partial charge in [0.1, 0.15) is 17.4 Å². The zero-order chi connectivity index (χ0) is 24.3. The molecule has 0 atom stereocenters. The Morgan fingerprint density at radius 1 is 1.15 bits per heavy atom. The number of carbonyl (C=O) groups excluding carboxylic acids is 1. The van der Waals surface area contributed by atoms with Crippen molar-refractivity contribution in [2.24, 2.45) is 0 Å². The summed E-state index contributed by atoms with van der Waals surface area (Å²) >= 11 is 0. The maximum atomic E-state index is 13.0. The number of fused-ring (bicyclic) bond motifs is 1. The van der Waals surface area contributed by atoms with Crippen molar-refractivity contribution < 1.29 is 9.53 Å². The lowest BCUT2D eigenvalue weighted by Gasteiger charge is -2.16. The highest BCUT2D eigenvalue weighted by molar-refractivity contribution is 5.98. The van der Waals surface area contributed by atoms with Crippen LogP contribution in [0.1, 0.15) is 40.9 Å². The second-order valence-electron chi connectivity index (χ2n) is 8.50. The first-order valence-corrected chi connectivity index (χ1v) is 10.7. The highest BCUT2D eigenvalue weighted by Crippen LogP contribution is 2.27. The van der Waals surface area contributed by atoms with Crippen LogP contribution in [0.25, 0.3) is 11.0 Å². The van der Waals surface area contributed by atoms with E-state index in [0.717, 1.165) is 22.4 Å². The van der Waals surface area contributed by atoms with Gasteiger partial charge in [-0.25, -0.2) is 15.0 Å². The van der Waals surface area contributed by atoms with E-state index in [1.807, 2.05) is 51.1 Å². The Bertz CT molecular complexity index is 1420. The van der Waals surface area contributed by atoms with E-state index in [1.54, 1.807) is 18.3 Å². The summed E-state index contributed by atoms with van der Waals surface area (Å²) in [5.74, 6) is 0.499. The van der Waals surface area contributed by atoms with Crippen molar-refractivity contribution in [2.45, 2.75) is 32.6 Å². The molecule has 1 N–H and O–H groups in total. The minimum atomic E-state index is -0.663. The van der Waals surface area contributed by atoms with Crippen molar-refractivity contribution in [2.75, 3.05) is 12.4 Å². The Morgan fingerprint density at radius 3 is 2.74 bits per heavy atom. The van der Waals surface area contributed by atoms with Gasteiger partial charge in [-0.2, -0.15) is 10.2 Å². The number of nitriles is 1. The first-order valence-electron chi connectivity index (χ1n) is 10.7. The first kappa shape index (κ1) is 22.8. The van der Waals surface area contributed by atoms with E-state index in [4.69, 9.17) is 4.74 Å². The zero-order valence-corrected chi connectivity index (χ0v) is 19.5. The molecule has 2 aromatic heterocycles. The molecule has 4 rings (SSSR count). The third kappa shape index (κ3) is 4.69. The van der Waals surface area contributed by atoms with Crippen LogP contribution in [0.4, 0.5) is 11.5 Å². The Morgan fingerprint density at radius 2 is 1.97 bits per heavy atom. The van der Waals surface area contributed by atoms with Crippen LogP contribution in [0.2, 0.25) is 0 Å². The number of ether oxygens (including phenoxy) is 1. The van der Waals surface area contributed by atoms with Crippen LogP contribution in [0.15, 0.2) is 55.0 Å². The molecule has 0 amide bonds. The number of methoxy groups -OCH3 is 1. The van der Waals surface area contributed by atoms with Gasteiger partial charge >= 0.3 is 6.01 Å². The SMILES string of the molecule is COc1ncc2ncnc(Nc3cc(CC(=O)c4cccc(C(C)(C)C#N)c4)ccc3C)c2n1. The number of benzene rings is 2. The summed E-state index contributed by atoms with van der Waals surface area (Å²) in [6, 6.07) is 15.6. The standard InChI is InChI=1S/C26H24N6O2/c1-16-8-9-17(11-22(33)18-6-5-7-19(12-18)26(2,3)14-27)10-20(16)31-24-23-21(29-15-30-24)13-28-25(32-23)34-4/h5-10,12-13,15H,11H2,1-4H3,(H,29,30,31). The molecule has 0 aliphatic carbocycles. The highest BCUT2D eigenvalue weighted by Gasteiger charge is 2.21. The number of anilines is 2. The largest absolute Gasteiger partial charge is 0.467 e. The van der Waals surface area contributed by atoms with Crippen LogP contribution < -0.4 is 10.1 Å². The monoisotopic (exact) mass is 452 g/mol. The maximum Gasteiger partial charge on any atom is 0.316 e. The number of ketones is 1. The van der Waals surface area contributed by atoms with Crippen LogP contribution in [0.5, 0.6) is 6.01 Å². The van der Waals surface area contributed by atoms with Crippen molar-refractivity contribution >= 4 is 28.3 Å². The summed E-state index contributed by atoms with van der Waals surface area (Å²) in [4.78, 5) is 30.0. The zero-order valence-electron chi connectivity index (χ0n) is 19.5. The first-order chi connectivity index (χ1) is 16.3. The minimum Gasteiger partial charge on any atom is -0.467 e. The Hall–Kier alpha value is -4.38. The third-order valence-corrected chi connectivity index (χ3v) is 5.64. The number of rotatable bonds is 7. The molecule has 2 aromatic carbocycles. The van der Waals surface area contributed by atoms with Crippen LogP contribution >= 0.6 is 0 Å². The van der Waals surface area contributed by atoms with Crippen molar-refractivity contribution in [3.05, 3.63) is 77.2 Å². The Labute approximate surface area is 197 Å². The van der Waals surface area contributed by atoms with Crippen molar-refractivity contribution in [1.29, 1.82) is 5.26 Å². The van der Waals surface area contributed by atoms with Crippen LogP contribution in [-0.2, 0) is 11.8 Å². The van der Waals surface area contributed by atoms with Gasteiger partial charge in [-0.1, -0.05) is 30.3 Å². The summed E-state index contributed by atoms with van der Waals surface area (Å²) in [5, 5.41) is 12.7. The minimum absolute atomic E-state index is 0.0182. The predicted molar refractivity (Wildman–Crippen MR) is 129 cm³/mol. The summed E-state index contributed by atoms with van der Waals surface area (Å²) in [7, 11) is 1.50. The van der Waals surface area contributed by atoms with Gasteiger partial charge in [0.25, 0.3) is 0 Å². The molecule has 4 aromatic rings. The average Bonchev–Trinajstić information content (AvgIpc) is 2.86. The average molecular weight is 453 g/mol. The second-order valence-corrected chi connectivity index (χ2v) is 8.50. The van der Waals surface area contributed by atoms with E-state index >= 15 is 0 Å². The Balaban J connectivity index is 1.60. The van der Waals surface area contributed by atoms with E-state index in [0.29, 0.717) is 22.4 Å². The molecular formula is C26H24N6O2. The fraction of sp³-hybridized carbons (Fsp3) is 0.231. The van der Waals surface area contributed by atoms with E-state index in [1.165, 1.54) is 13.4 Å². The number of carbonyl (C=O) groups is 1. The van der Waals surface area contributed by atoms with Gasteiger partial charge < -0.3 is 10.1 Å². The molecule has 0 bridgehead atoms. The number of Topliss-reactive ketones (excluding diaryl/α,β-unsaturated/α-hetero) is 1. The van der Waals surface area contributed by atoms with Gasteiger partial charge in [-0.15, -0.1) is 0 Å². The van der Waals surface area contributed by atoms with Crippen LogP contribution in [0, 0.1) is 18.3 Å². The molecule has 2 heterocycles. The van der Waals surface area contributed by atoms with Gasteiger partial charge in [0.05, 0.1) is 24.8 Å². The summed E-state index contributed by atoms with van der Waals surface area (Å²) in [6.45, 7) is 5.65. The molecule has 0 aliphatic rings. The van der Waals surface area contributed by atoms with E-state index < -0.39 is 5.41 Å². The molecule has 0 saturated heterocycles. The van der Waals surface area contributed by atoms with Crippen molar-refractivity contribution in [3.63, 3.8) is 0 Å². The quantitative estimate of drug-likeness (QED) is 0.401. The van der Waals surface area contributed by atoms with Gasteiger partial charge in [0, 0.05) is 17.7 Å². The lowest BCUT2D eigenvalue weighted by Crippen LogP contribution is -2.15. The van der Waals surface area contributed by atoms with E-state index in [2.05, 4.69) is 31.3 Å². The fourth-order valence-corrected chi connectivity index (χ4v) is 3.50. The number of aromatic nitrogens is 4. The summed E-state index contributed by atoms with van der Waals surface area (Å²) < 4.78 is 5.13. The Kier molecular flexibility index (Phi) is 6.19. The second kappa shape index (κ2) is 9.24. The maximum absolute atomic E-state index is 13.0. The molecule has 0 radical (unpaired) electrons. The predicted octanol–water partition coefficient (Wildman–Crippen LogP) is 4.71. The number of aryl methyl sites for hydroxylation is 1. The number of nitrogens with one attached hydrogen (secondary N) is 1. The van der Waals surface area contributed by atoms with Gasteiger partial charge in [-0.05, 0) is 49.6 Å². The molecule has 8 nitrogen and oxygen atoms in total. The molecular weight excluding hydrogens is 428 g/mol. The summed E-state index contributed by atoms with van der Waals surface area (Å²) in [5.41, 5.74) is 4.51. The van der Waals surface area contributed by atoms with Crippen LogP contribution in [0.3, 0.4) is 0 Å². The molecule has 34 heavy (non-hydrogen) atoms. The number of hydrogen-bond acceptors (Lipinski definition) is 8. The third-order valence-electron chi connectivity index (χ3n) is 5.64. The number of hydrogen-bond donors (Lipinski definition) is 1. The molecule has 8 heteroatoms.